The van der Waals surface area contributed by atoms with Gasteiger partial charge in [-0.25, -0.2) is 9.59 Å². The number of cyclic esters (lactones) is 1. The van der Waals surface area contributed by atoms with Crippen molar-refractivity contribution < 1.29 is 23.9 Å². The summed E-state index contributed by atoms with van der Waals surface area (Å²) in [5, 5.41) is 3.31. The smallest absolute Gasteiger partial charge is 0.339 e. The molecule has 1 heterocycles. The van der Waals surface area contributed by atoms with Gasteiger partial charge in [-0.3, -0.25) is 4.79 Å². The van der Waals surface area contributed by atoms with Crippen molar-refractivity contribution >= 4 is 46.7 Å². The van der Waals surface area contributed by atoms with Gasteiger partial charge in [-0.2, -0.15) is 0 Å². The molecule has 3 rings (SSSR count). The van der Waals surface area contributed by atoms with Crippen LogP contribution in [0.5, 0.6) is 0 Å². The van der Waals surface area contributed by atoms with E-state index in [1.165, 1.54) is 31.4 Å². The first-order valence-electron chi connectivity index (χ1n) is 7.57. The van der Waals surface area contributed by atoms with Gasteiger partial charge in [0.25, 0.3) is 5.91 Å². The van der Waals surface area contributed by atoms with Crippen molar-refractivity contribution in [1.82, 2.24) is 0 Å². The number of amides is 1. The third-order valence-electron chi connectivity index (χ3n) is 3.88. The van der Waals surface area contributed by atoms with E-state index in [1.54, 1.807) is 12.1 Å². The summed E-state index contributed by atoms with van der Waals surface area (Å²) in [5.41, 5.74) is 1.30. The minimum absolute atomic E-state index is 0.138. The molecule has 1 amide bonds. The molecule has 2 aromatic rings. The second kappa shape index (κ2) is 7.35. The zero-order valence-corrected chi connectivity index (χ0v) is 15.1. The summed E-state index contributed by atoms with van der Waals surface area (Å²) in [4.78, 5) is 36.5. The summed E-state index contributed by atoms with van der Waals surface area (Å²) in [5.74, 6) is -1.84. The lowest BCUT2D eigenvalue weighted by atomic mass is 9.98. The monoisotopic (exact) mass is 393 g/mol. The Morgan fingerprint density at radius 2 is 1.85 bits per heavy atom. The number of hydrogen-bond acceptors (Lipinski definition) is 5. The van der Waals surface area contributed by atoms with Crippen LogP contribution in [0, 0.1) is 0 Å². The number of rotatable bonds is 3. The average molecular weight is 394 g/mol. The van der Waals surface area contributed by atoms with Crippen molar-refractivity contribution in [2.75, 3.05) is 12.4 Å². The molecule has 1 atom stereocenters. The molecule has 0 saturated carbocycles. The highest BCUT2D eigenvalue weighted by molar-refractivity contribution is 6.31. The van der Waals surface area contributed by atoms with Gasteiger partial charge in [-0.1, -0.05) is 29.3 Å². The van der Waals surface area contributed by atoms with Crippen LogP contribution in [0.25, 0.3) is 0 Å². The van der Waals surface area contributed by atoms with Gasteiger partial charge in [-0.05, 0) is 35.9 Å². The first-order valence-corrected chi connectivity index (χ1v) is 8.33. The largest absolute Gasteiger partial charge is 0.465 e. The Morgan fingerprint density at radius 3 is 2.58 bits per heavy atom. The molecule has 1 aliphatic heterocycles. The fraction of sp³-hybridized carbons (Fsp3) is 0.167. The minimum Gasteiger partial charge on any atom is -0.465 e. The van der Waals surface area contributed by atoms with E-state index in [-0.39, 0.29) is 17.7 Å². The summed E-state index contributed by atoms with van der Waals surface area (Å²) >= 11 is 11.8. The number of hydrogen-bond donors (Lipinski definition) is 1. The van der Waals surface area contributed by atoms with Crippen LogP contribution in [0.4, 0.5) is 5.69 Å². The van der Waals surface area contributed by atoms with E-state index in [9.17, 15) is 14.4 Å². The van der Waals surface area contributed by atoms with Gasteiger partial charge in [0.2, 0.25) is 0 Å². The minimum atomic E-state index is -1.04. The van der Waals surface area contributed by atoms with Crippen LogP contribution >= 0.6 is 23.2 Å². The number of nitrogens with one attached hydrogen (secondary N) is 1. The van der Waals surface area contributed by atoms with Gasteiger partial charge in [0.05, 0.1) is 23.9 Å². The lowest BCUT2D eigenvalue weighted by Gasteiger charge is -2.24. The fourth-order valence-corrected chi connectivity index (χ4v) is 2.96. The van der Waals surface area contributed by atoms with E-state index in [4.69, 9.17) is 27.9 Å². The van der Waals surface area contributed by atoms with Gasteiger partial charge in [0, 0.05) is 16.5 Å². The summed E-state index contributed by atoms with van der Waals surface area (Å²) in [6.45, 7) is 0. The average Bonchev–Trinajstić information content (AvgIpc) is 2.61. The molecule has 8 heteroatoms. The molecule has 0 bridgehead atoms. The number of ether oxygens (including phenoxy) is 2. The van der Waals surface area contributed by atoms with Crippen LogP contribution in [0.15, 0.2) is 36.4 Å². The van der Waals surface area contributed by atoms with Gasteiger partial charge in [0.1, 0.15) is 0 Å². The highest BCUT2D eigenvalue weighted by atomic mass is 35.5. The molecular weight excluding hydrogens is 381 g/mol. The zero-order chi connectivity index (χ0) is 18.8. The maximum absolute atomic E-state index is 12.6. The number of carbonyl (C=O) groups excluding carboxylic acids is 3. The molecular formula is C18H13Cl2NO5. The Hall–Kier alpha value is -2.57. The lowest BCUT2D eigenvalue weighted by molar-refractivity contribution is -0.125. The molecule has 0 aliphatic carbocycles. The number of esters is 2. The highest BCUT2D eigenvalue weighted by Gasteiger charge is 2.32. The number of anilines is 1. The summed E-state index contributed by atoms with van der Waals surface area (Å²) in [6.07, 6.45) is -0.848. The lowest BCUT2D eigenvalue weighted by Crippen LogP contribution is -2.38. The SMILES string of the molecule is COC(=O)c1ccc(Cl)cc1NC(=O)[C@H]1Cc2ccc(Cl)cc2C(=O)O1. The Morgan fingerprint density at radius 1 is 1.15 bits per heavy atom. The molecule has 6 nitrogen and oxygen atoms in total. The zero-order valence-electron chi connectivity index (χ0n) is 13.5. The number of carbonyl (C=O) groups is 3. The third kappa shape index (κ3) is 3.66. The molecule has 1 N–H and O–H groups in total. The normalized spacial score (nSPS) is 15.7. The van der Waals surface area contributed by atoms with Gasteiger partial charge >= 0.3 is 11.9 Å². The molecule has 0 spiro atoms. The van der Waals surface area contributed by atoms with Gasteiger partial charge in [0.15, 0.2) is 6.10 Å². The second-order valence-electron chi connectivity index (χ2n) is 5.57. The number of halogens is 2. The molecule has 26 heavy (non-hydrogen) atoms. The molecule has 134 valence electrons. The molecule has 2 aromatic carbocycles. The summed E-state index contributed by atoms with van der Waals surface area (Å²) in [6, 6.07) is 9.18. The Kier molecular flexibility index (Phi) is 5.15. The first kappa shape index (κ1) is 18.2. The van der Waals surface area contributed by atoms with Crippen LogP contribution in [-0.2, 0) is 20.7 Å². The Labute approximate surface area is 159 Å². The molecule has 0 aromatic heterocycles. The number of fused-ring (bicyclic) bond motifs is 1. The standard InChI is InChI=1S/C18H13Cl2NO5/c1-25-17(23)12-5-4-11(20)8-14(12)21-16(22)15-6-9-2-3-10(19)7-13(9)18(24)26-15/h2-5,7-8,15H,6H2,1H3,(H,21,22)/t15-/m1/s1. The van der Waals surface area contributed by atoms with E-state index in [2.05, 4.69) is 10.1 Å². The van der Waals surface area contributed by atoms with Crippen LogP contribution in [0.1, 0.15) is 26.3 Å². The Balaban J connectivity index is 1.83. The van der Waals surface area contributed by atoms with Crippen LogP contribution < -0.4 is 5.32 Å². The topological polar surface area (TPSA) is 81.7 Å². The fourth-order valence-electron chi connectivity index (χ4n) is 2.62. The van der Waals surface area contributed by atoms with Crippen molar-refractivity contribution in [2.24, 2.45) is 0 Å². The quantitative estimate of drug-likeness (QED) is 0.806. The maximum atomic E-state index is 12.6. The van der Waals surface area contributed by atoms with Crippen LogP contribution in [0.3, 0.4) is 0 Å². The van der Waals surface area contributed by atoms with Crippen molar-refractivity contribution in [3.63, 3.8) is 0 Å². The van der Waals surface area contributed by atoms with E-state index in [0.29, 0.717) is 21.2 Å². The van der Waals surface area contributed by atoms with E-state index in [1.807, 2.05) is 0 Å². The van der Waals surface area contributed by atoms with Crippen molar-refractivity contribution in [3.05, 3.63) is 63.1 Å². The molecule has 0 fully saturated rings. The van der Waals surface area contributed by atoms with E-state index >= 15 is 0 Å². The summed E-state index contributed by atoms with van der Waals surface area (Å²) in [7, 11) is 1.23. The highest BCUT2D eigenvalue weighted by Crippen LogP contribution is 2.26. The molecule has 0 unspecified atom stereocenters. The van der Waals surface area contributed by atoms with Gasteiger partial charge < -0.3 is 14.8 Å². The van der Waals surface area contributed by atoms with Crippen LogP contribution in [0.2, 0.25) is 10.0 Å². The predicted octanol–water partition coefficient (Wildman–Crippen LogP) is 3.50. The Bertz CT molecular complexity index is 912. The third-order valence-corrected chi connectivity index (χ3v) is 4.35. The van der Waals surface area contributed by atoms with Crippen LogP contribution in [-0.4, -0.2) is 31.1 Å². The molecule has 0 radical (unpaired) electrons. The number of benzene rings is 2. The molecule has 1 aliphatic rings. The van der Waals surface area contributed by atoms with Crippen molar-refractivity contribution in [2.45, 2.75) is 12.5 Å². The van der Waals surface area contributed by atoms with E-state index in [0.717, 1.165) is 0 Å². The summed E-state index contributed by atoms with van der Waals surface area (Å²) < 4.78 is 9.89. The number of methoxy groups -OCH3 is 1. The predicted molar refractivity (Wildman–Crippen MR) is 95.8 cm³/mol. The van der Waals surface area contributed by atoms with E-state index < -0.39 is 23.9 Å². The first-order chi connectivity index (χ1) is 12.4. The second-order valence-corrected chi connectivity index (χ2v) is 6.44. The van der Waals surface area contributed by atoms with Gasteiger partial charge in [-0.15, -0.1) is 0 Å². The maximum Gasteiger partial charge on any atom is 0.339 e. The molecule has 0 saturated heterocycles. The van der Waals surface area contributed by atoms with Crippen molar-refractivity contribution in [3.8, 4) is 0 Å². The van der Waals surface area contributed by atoms with Crippen molar-refractivity contribution in [1.29, 1.82) is 0 Å².